The van der Waals surface area contributed by atoms with Crippen molar-refractivity contribution in [2.24, 2.45) is 4.99 Å². The minimum Gasteiger partial charge on any atom is -0.373 e. The molecule has 0 bridgehead atoms. The summed E-state index contributed by atoms with van der Waals surface area (Å²) >= 11 is 0. The summed E-state index contributed by atoms with van der Waals surface area (Å²) < 4.78 is 5.78. The van der Waals surface area contributed by atoms with Crippen molar-refractivity contribution in [1.29, 1.82) is 0 Å². The summed E-state index contributed by atoms with van der Waals surface area (Å²) in [5.41, 5.74) is 1.35. The van der Waals surface area contributed by atoms with E-state index in [-0.39, 0.29) is 24.0 Å². The Kier molecular flexibility index (Phi) is 11.2. The molecule has 148 valence electrons. The highest BCUT2D eigenvalue weighted by Gasteiger charge is 2.21. The van der Waals surface area contributed by atoms with E-state index >= 15 is 0 Å². The number of nitrogens with zero attached hydrogens (tertiary/aromatic N) is 2. The summed E-state index contributed by atoms with van der Waals surface area (Å²) in [4.78, 5) is 6.82. The number of ether oxygens (including phenoxy) is 1. The zero-order valence-electron chi connectivity index (χ0n) is 16.6. The van der Waals surface area contributed by atoms with Gasteiger partial charge in [0.05, 0.1) is 12.2 Å². The maximum Gasteiger partial charge on any atom is 0.190 e. The summed E-state index contributed by atoms with van der Waals surface area (Å²) in [5.74, 6) is 1.34. The molecular formula is C20H35IN4O. The van der Waals surface area contributed by atoms with Gasteiger partial charge < -0.3 is 15.4 Å². The third kappa shape index (κ3) is 8.22. The fourth-order valence-electron chi connectivity index (χ4n) is 3.35. The maximum absolute atomic E-state index is 5.78. The number of rotatable bonds is 7. The quantitative estimate of drug-likeness (QED) is 0.276. The highest BCUT2D eigenvalue weighted by Crippen LogP contribution is 2.13. The molecule has 1 aliphatic heterocycles. The van der Waals surface area contributed by atoms with E-state index in [1.54, 1.807) is 0 Å². The third-order valence-electron chi connectivity index (χ3n) is 4.61. The van der Waals surface area contributed by atoms with Crippen LogP contribution in [0.4, 0.5) is 0 Å². The zero-order chi connectivity index (χ0) is 18.1. The van der Waals surface area contributed by atoms with Gasteiger partial charge >= 0.3 is 0 Å². The normalized spacial score (nSPS) is 22.4. The Balaban J connectivity index is 0.00000338. The van der Waals surface area contributed by atoms with E-state index in [0.717, 1.165) is 45.1 Å². The fourth-order valence-corrected chi connectivity index (χ4v) is 3.35. The van der Waals surface area contributed by atoms with Crippen molar-refractivity contribution in [2.75, 3.05) is 39.8 Å². The Morgan fingerprint density at radius 1 is 1.19 bits per heavy atom. The van der Waals surface area contributed by atoms with Crippen LogP contribution in [0, 0.1) is 0 Å². The van der Waals surface area contributed by atoms with Gasteiger partial charge in [-0.3, -0.25) is 9.89 Å². The minimum atomic E-state index is 0. The molecule has 0 saturated carbocycles. The zero-order valence-corrected chi connectivity index (χ0v) is 18.9. The van der Waals surface area contributed by atoms with Crippen LogP contribution in [0.2, 0.25) is 0 Å². The maximum atomic E-state index is 5.78. The lowest BCUT2D eigenvalue weighted by Gasteiger charge is -2.35. The van der Waals surface area contributed by atoms with Gasteiger partial charge in [0.25, 0.3) is 0 Å². The second-order valence-electron chi connectivity index (χ2n) is 7.06. The van der Waals surface area contributed by atoms with Crippen molar-refractivity contribution in [1.82, 2.24) is 15.5 Å². The summed E-state index contributed by atoms with van der Waals surface area (Å²) in [6.45, 7) is 11.5. The van der Waals surface area contributed by atoms with Gasteiger partial charge in [0, 0.05) is 39.8 Å². The summed E-state index contributed by atoms with van der Waals surface area (Å²) in [6.07, 6.45) is 1.78. The van der Waals surface area contributed by atoms with Crippen molar-refractivity contribution in [3.05, 3.63) is 35.9 Å². The molecule has 1 fully saturated rings. The molecule has 0 radical (unpaired) electrons. The van der Waals surface area contributed by atoms with Gasteiger partial charge in [-0.1, -0.05) is 37.3 Å². The van der Waals surface area contributed by atoms with Crippen LogP contribution in [0.25, 0.3) is 0 Å². The van der Waals surface area contributed by atoms with Crippen LogP contribution in [0.1, 0.15) is 38.7 Å². The van der Waals surface area contributed by atoms with Gasteiger partial charge in [0.1, 0.15) is 0 Å². The molecule has 1 saturated heterocycles. The average Bonchev–Trinajstić information content (AvgIpc) is 2.61. The molecule has 1 aromatic carbocycles. The molecular weight excluding hydrogens is 439 g/mol. The number of hydrogen-bond donors (Lipinski definition) is 2. The Morgan fingerprint density at radius 2 is 1.85 bits per heavy atom. The molecule has 0 spiro atoms. The monoisotopic (exact) mass is 474 g/mol. The van der Waals surface area contributed by atoms with Crippen molar-refractivity contribution < 1.29 is 4.74 Å². The number of benzene rings is 1. The van der Waals surface area contributed by atoms with Gasteiger partial charge in [0.2, 0.25) is 0 Å². The summed E-state index contributed by atoms with van der Waals surface area (Å²) in [6, 6.07) is 10.6. The number of nitrogens with one attached hydrogen (secondary N) is 2. The lowest BCUT2D eigenvalue weighted by molar-refractivity contribution is -0.0679. The molecule has 1 aromatic rings. The molecule has 3 unspecified atom stereocenters. The van der Waals surface area contributed by atoms with Gasteiger partial charge in [-0.25, -0.2) is 0 Å². The molecule has 1 aliphatic rings. The summed E-state index contributed by atoms with van der Waals surface area (Å²) in [5, 5.41) is 6.84. The first kappa shape index (κ1) is 23.2. The Morgan fingerprint density at radius 3 is 2.46 bits per heavy atom. The van der Waals surface area contributed by atoms with E-state index in [0.29, 0.717) is 18.1 Å². The molecule has 2 rings (SSSR count). The highest BCUT2D eigenvalue weighted by atomic mass is 127. The van der Waals surface area contributed by atoms with Crippen LogP contribution in [0.5, 0.6) is 0 Å². The topological polar surface area (TPSA) is 48.9 Å². The standard InChI is InChI=1S/C20H34N4O.HI/c1-16(19-9-6-5-7-10-19)13-23-20(21-4)22-11-8-12-24-14-17(2)25-18(3)15-24;/h5-7,9-10,16-18H,8,11-15H2,1-4H3,(H2,21,22,23);1H. The first-order chi connectivity index (χ1) is 12.1. The molecule has 2 N–H and O–H groups in total. The highest BCUT2D eigenvalue weighted by molar-refractivity contribution is 14.0. The first-order valence-electron chi connectivity index (χ1n) is 9.45. The lowest BCUT2D eigenvalue weighted by atomic mass is 10.0. The van der Waals surface area contributed by atoms with Crippen LogP contribution < -0.4 is 10.6 Å². The second-order valence-corrected chi connectivity index (χ2v) is 7.06. The smallest absolute Gasteiger partial charge is 0.190 e. The average molecular weight is 474 g/mol. The molecule has 6 heteroatoms. The summed E-state index contributed by atoms with van der Waals surface area (Å²) in [7, 11) is 1.83. The molecule has 0 aromatic heterocycles. The lowest BCUT2D eigenvalue weighted by Crippen LogP contribution is -2.46. The van der Waals surface area contributed by atoms with Gasteiger partial charge in [-0.2, -0.15) is 0 Å². The van der Waals surface area contributed by atoms with E-state index in [9.17, 15) is 0 Å². The van der Waals surface area contributed by atoms with E-state index < -0.39 is 0 Å². The van der Waals surface area contributed by atoms with Gasteiger partial charge in [-0.15, -0.1) is 24.0 Å². The Labute approximate surface area is 176 Å². The van der Waals surface area contributed by atoms with E-state index in [2.05, 4.69) is 71.6 Å². The van der Waals surface area contributed by atoms with Crippen LogP contribution in [-0.2, 0) is 4.74 Å². The molecule has 26 heavy (non-hydrogen) atoms. The second kappa shape index (κ2) is 12.5. The van der Waals surface area contributed by atoms with Gasteiger partial charge in [0.15, 0.2) is 5.96 Å². The van der Waals surface area contributed by atoms with Gasteiger partial charge in [-0.05, 0) is 31.7 Å². The number of hydrogen-bond acceptors (Lipinski definition) is 3. The largest absolute Gasteiger partial charge is 0.373 e. The van der Waals surface area contributed by atoms with Crippen LogP contribution in [0.15, 0.2) is 35.3 Å². The predicted molar refractivity (Wildman–Crippen MR) is 121 cm³/mol. The third-order valence-corrected chi connectivity index (χ3v) is 4.61. The molecule has 0 amide bonds. The van der Waals surface area contributed by atoms with Crippen molar-refractivity contribution >= 4 is 29.9 Å². The molecule has 1 heterocycles. The van der Waals surface area contributed by atoms with Crippen molar-refractivity contribution in [2.45, 2.75) is 45.3 Å². The van der Waals surface area contributed by atoms with Crippen molar-refractivity contribution in [3.8, 4) is 0 Å². The Bertz CT molecular complexity index is 516. The number of morpholine rings is 1. The SMILES string of the molecule is CN=C(NCCCN1CC(C)OC(C)C1)NCC(C)c1ccccc1.I. The molecule has 0 aliphatic carbocycles. The van der Waals surface area contributed by atoms with Crippen LogP contribution >= 0.6 is 24.0 Å². The Hall–Kier alpha value is -0.860. The number of halogens is 1. The van der Waals surface area contributed by atoms with Crippen LogP contribution in [0.3, 0.4) is 0 Å². The number of aliphatic imine (C=N–C) groups is 1. The molecule has 5 nitrogen and oxygen atoms in total. The van der Waals surface area contributed by atoms with E-state index in [4.69, 9.17) is 4.74 Å². The van der Waals surface area contributed by atoms with Crippen molar-refractivity contribution in [3.63, 3.8) is 0 Å². The minimum absolute atomic E-state index is 0. The molecule has 3 atom stereocenters. The van der Waals surface area contributed by atoms with Crippen LogP contribution in [-0.4, -0.2) is 62.8 Å². The number of guanidine groups is 1. The first-order valence-corrected chi connectivity index (χ1v) is 9.45. The predicted octanol–water partition coefficient (Wildman–Crippen LogP) is 3.07. The van der Waals surface area contributed by atoms with E-state index in [1.807, 2.05) is 7.05 Å². The fraction of sp³-hybridized carbons (Fsp3) is 0.650. The van der Waals surface area contributed by atoms with E-state index in [1.165, 1.54) is 5.56 Å².